The first-order valence-corrected chi connectivity index (χ1v) is 8.80. The number of aromatic nitrogens is 3. The van der Waals surface area contributed by atoms with Crippen molar-refractivity contribution in [3.63, 3.8) is 0 Å². The summed E-state index contributed by atoms with van der Waals surface area (Å²) in [5.41, 5.74) is 2.64. The largest absolute Gasteiger partial charge is 0.380 e. The van der Waals surface area contributed by atoms with E-state index in [-0.39, 0.29) is 0 Å². The lowest BCUT2D eigenvalue weighted by Gasteiger charge is -2.22. The molecule has 3 aromatic rings. The fourth-order valence-electron chi connectivity index (χ4n) is 3.62. The summed E-state index contributed by atoms with van der Waals surface area (Å²) >= 11 is 0. The predicted octanol–water partition coefficient (Wildman–Crippen LogP) is 2.56. The number of rotatable bonds is 4. The molecule has 1 aliphatic heterocycles. The number of nitrogens with zero attached hydrogens (tertiary/aromatic N) is 4. The third kappa shape index (κ3) is 3.75. The van der Waals surface area contributed by atoms with Gasteiger partial charge in [0.05, 0.1) is 19.8 Å². The Kier molecular flexibility index (Phi) is 4.55. The van der Waals surface area contributed by atoms with Crippen molar-refractivity contribution in [3.05, 3.63) is 47.7 Å². The van der Waals surface area contributed by atoms with E-state index in [4.69, 9.17) is 9.26 Å². The highest BCUT2D eigenvalue weighted by atomic mass is 16.5. The van der Waals surface area contributed by atoms with Crippen LogP contribution in [0.3, 0.4) is 0 Å². The summed E-state index contributed by atoms with van der Waals surface area (Å²) in [6.45, 7) is 5.99. The van der Waals surface area contributed by atoms with Gasteiger partial charge in [0, 0.05) is 38.8 Å². The average molecular weight is 340 g/mol. The second kappa shape index (κ2) is 6.98. The lowest BCUT2D eigenvalue weighted by molar-refractivity contribution is 0.121. The molecule has 6 nitrogen and oxygen atoms in total. The highest BCUT2D eigenvalue weighted by Gasteiger charge is 2.21. The van der Waals surface area contributed by atoms with Gasteiger partial charge >= 0.3 is 0 Å². The lowest BCUT2D eigenvalue weighted by Crippen LogP contribution is -2.30. The zero-order chi connectivity index (χ0) is 17.2. The van der Waals surface area contributed by atoms with E-state index in [1.54, 1.807) is 0 Å². The molecule has 132 valence electrons. The smallest absolute Gasteiger partial charge is 0.223 e. The molecule has 0 saturated carbocycles. The lowest BCUT2D eigenvalue weighted by atomic mass is 9.98. The van der Waals surface area contributed by atoms with Crippen LogP contribution in [0.4, 0.5) is 0 Å². The molecule has 0 unspecified atom stereocenters. The third-order valence-corrected chi connectivity index (χ3v) is 4.83. The maximum Gasteiger partial charge on any atom is 0.223 e. The molecular formula is C19H24N4O2. The van der Waals surface area contributed by atoms with Crippen LogP contribution in [-0.4, -0.2) is 45.9 Å². The van der Waals surface area contributed by atoms with Gasteiger partial charge in [0.25, 0.3) is 0 Å². The standard InChI is InChI=1S/C19H24N4O2/c1-14-20-19(21-25-14)12-23-7-8-24-13-16(11-23)9-15-3-4-18-17(10-15)5-6-22(18)2/h3-6,10,16H,7-9,11-13H2,1-2H3/t16-/m0/s1. The Bertz CT molecular complexity index is 854. The Hall–Kier alpha value is -2.18. The summed E-state index contributed by atoms with van der Waals surface area (Å²) in [4.78, 5) is 6.68. The first kappa shape index (κ1) is 16.3. The third-order valence-electron chi connectivity index (χ3n) is 4.83. The summed E-state index contributed by atoms with van der Waals surface area (Å²) in [6, 6.07) is 8.92. The van der Waals surface area contributed by atoms with Crippen LogP contribution in [0, 0.1) is 12.8 Å². The SMILES string of the molecule is Cc1nc(CN2CCOC[C@@H](Cc3ccc4c(ccn4C)c3)C2)no1. The summed E-state index contributed by atoms with van der Waals surface area (Å²) in [5.74, 6) is 1.84. The molecule has 6 heteroatoms. The molecule has 1 aliphatic rings. The first-order chi connectivity index (χ1) is 12.2. The van der Waals surface area contributed by atoms with E-state index in [2.05, 4.69) is 57.1 Å². The van der Waals surface area contributed by atoms with Gasteiger partial charge in [-0.05, 0) is 41.5 Å². The van der Waals surface area contributed by atoms with Gasteiger partial charge in [-0.15, -0.1) is 0 Å². The van der Waals surface area contributed by atoms with Gasteiger partial charge in [-0.2, -0.15) is 4.98 Å². The number of benzene rings is 1. The Morgan fingerprint density at radius 3 is 3.04 bits per heavy atom. The van der Waals surface area contributed by atoms with E-state index in [0.29, 0.717) is 11.8 Å². The normalized spacial score (nSPS) is 19.4. The molecular weight excluding hydrogens is 316 g/mol. The minimum Gasteiger partial charge on any atom is -0.380 e. The summed E-state index contributed by atoms with van der Waals surface area (Å²) < 4.78 is 13.1. The zero-order valence-corrected chi connectivity index (χ0v) is 14.8. The predicted molar refractivity (Wildman–Crippen MR) is 95.2 cm³/mol. The molecule has 1 atom stereocenters. The van der Waals surface area contributed by atoms with Gasteiger partial charge < -0.3 is 13.8 Å². The van der Waals surface area contributed by atoms with E-state index < -0.39 is 0 Å². The number of hydrogen-bond donors (Lipinski definition) is 0. The zero-order valence-electron chi connectivity index (χ0n) is 14.8. The minimum absolute atomic E-state index is 0.469. The molecule has 2 aromatic heterocycles. The Labute approximate surface area is 147 Å². The molecule has 25 heavy (non-hydrogen) atoms. The fraction of sp³-hybridized carbons (Fsp3) is 0.474. The van der Waals surface area contributed by atoms with Crippen LogP contribution in [0.15, 0.2) is 35.0 Å². The second-order valence-electron chi connectivity index (χ2n) is 6.93. The number of hydrogen-bond acceptors (Lipinski definition) is 5. The Morgan fingerprint density at radius 2 is 2.20 bits per heavy atom. The van der Waals surface area contributed by atoms with Crippen molar-refractivity contribution in [1.29, 1.82) is 0 Å². The molecule has 0 aliphatic carbocycles. The fourth-order valence-corrected chi connectivity index (χ4v) is 3.62. The maximum absolute atomic E-state index is 5.83. The van der Waals surface area contributed by atoms with Crippen LogP contribution in [0.1, 0.15) is 17.3 Å². The molecule has 0 bridgehead atoms. The second-order valence-corrected chi connectivity index (χ2v) is 6.93. The van der Waals surface area contributed by atoms with Gasteiger partial charge in [-0.25, -0.2) is 0 Å². The molecule has 0 amide bonds. The van der Waals surface area contributed by atoms with E-state index in [0.717, 1.165) is 45.1 Å². The molecule has 3 heterocycles. The van der Waals surface area contributed by atoms with Gasteiger partial charge in [0.2, 0.25) is 5.89 Å². The van der Waals surface area contributed by atoms with Crippen molar-refractivity contribution >= 4 is 10.9 Å². The van der Waals surface area contributed by atoms with Gasteiger partial charge in [-0.3, -0.25) is 4.90 Å². The maximum atomic E-state index is 5.83. The van der Waals surface area contributed by atoms with Crippen LogP contribution in [0.25, 0.3) is 10.9 Å². The highest BCUT2D eigenvalue weighted by molar-refractivity contribution is 5.80. The van der Waals surface area contributed by atoms with Crippen molar-refractivity contribution in [2.45, 2.75) is 19.9 Å². The van der Waals surface area contributed by atoms with E-state index >= 15 is 0 Å². The highest BCUT2D eigenvalue weighted by Crippen LogP contribution is 2.20. The van der Waals surface area contributed by atoms with Gasteiger partial charge in [-0.1, -0.05) is 11.2 Å². The molecule has 0 spiro atoms. The Balaban J connectivity index is 1.44. The first-order valence-electron chi connectivity index (χ1n) is 8.80. The number of ether oxygens (including phenoxy) is 1. The molecule has 4 rings (SSSR count). The van der Waals surface area contributed by atoms with Crippen molar-refractivity contribution in [2.75, 3.05) is 26.3 Å². The van der Waals surface area contributed by atoms with Crippen LogP contribution in [-0.2, 0) is 24.8 Å². The molecule has 1 fully saturated rings. The molecule has 1 saturated heterocycles. The number of fused-ring (bicyclic) bond motifs is 1. The van der Waals surface area contributed by atoms with Crippen molar-refractivity contribution in [2.24, 2.45) is 13.0 Å². The number of aryl methyl sites for hydroxylation is 2. The van der Waals surface area contributed by atoms with Crippen LogP contribution in [0.5, 0.6) is 0 Å². The molecule has 0 radical (unpaired) electrons. The quantitative estimate of drug-likeness (QED) is 0.731. The van der Waals surface area contributed by atoms with Crippen LogP contribution < -0.4 is 0 Å². The minimum atomic E-state index is 0.469. The molecule has 1 aromatic carbocycles. The van der Waals surface area contributed by atoms with Crippen molar-refractivity contribution in [1.82, 2.24) is 19.6 Å². The average Bonchev–Trinajstić information content (AvgIpc) is 3.09. The monoisotopic (exact) mass is 340 g/mol. The molecule has 0 N–H and O–H groups in total. The topological polar surface area (TPSA) is 56.3 Å². The summed E-state index contributed by atoms with van der Waals surface area (Å²) in [7, 11) is 2.08. The summed E-state index contributed by atoms with van der Waals surface area (Å²) in [5, 5.41) is 5.31. The van der Waals surface area contributed by atoms with Gasteiger partial charge in [0.15, 0.2) is 5.82 Å². The summed E-state index contributed by atoms with van der Waals surface area (Å²) in [6.07, 6.45) is 3.13. The van der Waals surface area contributed by atoms with E-state index in [9.17, 15) is 0 Å². The van der Waals surface area contributed by atoms with Gasteiger partial charge in [0.1, 0.15) is 0 Å². The van der Waals surface area contributed by atoms with Crippen LogP contribution >= 0.6 is 0 Å². The van der Waals surface area contributed by atoms with E-state index in [1.165, 1.54) is 16.5 Å². The van der Waals surface area contributed by atoms with E-state index in [1.807, 2.05) is 6.92 Å². The Morgan fingerprint density at radius 1 is 1.28 bits per heavy atom. The van der Waals surface area contributed by atoms with Crippen molar-refractivity contribution in [3.8, 4) is 0 Å². The van der Waals surface area contributed by atoms with Crippen molar-refractivity contribution < 1.29 is 9.26 Å². The van der Waals surface area contributed by atoms with Crippen LogP contribution in [0.2, 0.25) is 0 Å².